The van der Waals surface area contributed by atoms with Crippen molar-refractivity contribution in [2.45, 2.75) is 26.1 Å². The van der Waals surface area contributed by atoms with E-state index in [0.29, 0.717) is 30.4 Å². The van der Waals surface area contributed by atoms with Crippen LogP contribution in [0, 0.1) is 5.92 Å². The number of carbonyl (C=O) groups is 2. The first kappa shape index (κ1) is 18.1. The van der Waals surface area contributed by atoms with Crippen LogP contribution in [0.1, 0.15) is 31.7 Å². The van der Waals surface area contributed by atoms with Gasteiger partial charge in [0.15, 0.2) is 0 Å². The summed E-state index contributed by atoms with van der Waals surface area (Å²) in [5.41, 5.74) is 0.961. The highest BCUT2D eigenvalue weighted by atomic mass is 35.5. The molecule has 1 heterocycles. The van der Waals surface area contributed by atoms with E-state index in [1.54, 1.807) is 11.8 Å². The highest BCUT2D eigenvalue weighted by molar-refractivity contribution is 8.00. The van der Waals surface area contributed by atoms with Crippen LogP contribution in [0.3, 0.4) is 0 Å². The number of nitrogens with zero attached hydrogens (tertiary/aromatic N) is 2. The molecule has 0 aliphatic carbocycles. The van der Waals surface area contributed by atoms with Gasteiger partial charge >= 0.3 is 0 Å². The lowest BCUT2D eigenvalue weighted by Gasteiger charge is -2.29. The Morgan fingerprint density at radius 3 is 2.74 bits per heavy atom. The molecule has 2 amide bonds. The van der Waals surface area contributed by atoms with Gasteiger partial charge in [0.05, 0.1) is 5.75 Å². The summed E-state index contributed by atoms with van der Waals surface area (Å²) < 4.78 is 0. The molecule has 126 valence electrons. The Morgan fingerprint density at radius 1 is 1.43 bits per heavy atom. The lowest BCUT2D eigenvalue weighted by atomic mass is 10.2. The van der Waals surface area contributed by atoms with Gasteiger partial charge in [-0.25, -0.2) is 0 Å². The molecule has 0 bridgehead atoms. The van der Waals surface area contributed by atoms with Crippen LogP contribution < -0.4 is 0 Å². The standard InChI is InChI=1S/C17H23ClN2O2S/c1-4-19(16(22)12(2)3)9-10-20-15(21)11-23-17(20)13-7-5-6-8-14(13)18/h5-8,12,17H,4,9-11H2,1-3H3. The number of thioether (sulfide) groups is 1. The number of carbonyl (C=O) groups excluding carboxylic acids is 2. The molecule has 0 aromatic heterocycles. The molecule has 2 rings (SSSR count). The van der Waals surface area contributed by atoms with Gasteiger partial charge in [-0.2, -0.15) is 0 Å². The Bertz CT molecular complexity index is 579. The molecule has 1 aromatic carbocycles. The number of rotatable bonds is 6. The maximum atomic E-state index is 12.2. The molecule has 1 atom stereocenters. The summed E-state index contributed by atoms with van der Waals surface area (Å²) in [5, 5.41) is 0.611. The molecule has 6 heteroatoms. The molecule has 0 N–H and O–H groups in total. The fourth-order valence-electron chi connectivity index (χ4n) is 2.65. The lowest BCUT2D eigenvalue weighted by molar-refractivity contribution is -0.136. The highest BCUT2D eigenvalue weighted by Gasteiger charge is 2.34. The predicted octanol–water partition coefficient (Wildman–Crippen LogP) is 3.42. The van der Waals surface area contributed by atoms with Crippen molar-refractivity contribution in [3.05, 3.63) is 34.9 Å². The van der Waals surface area contributed by atoms with Gasteiger partial charge in [0, 0.05) is 36.1 Å². The summed E-state index contributed by atoms with van der Waals surface area (Å²) in [6.07, 6.45) is 0. The number of hydrogen-bond acceptors (Lipinski definition) is 3. The second-order valence-corrected chi connectivity index (χ2v) is 7.32. The number of likely N-dealkylation sites (N-methyl/N-ethyl adjacent to an activating group) is 1. The van der Waals surface area contributed by atoms with E-state index in [0.717, 1.165) is 5.56 Å². The first-order chi connectivity index (χ1) is 11.0. The molecule has 4 nitrogen and oxygen atoms in total. The van der Waals surface area contributed by atoms with Crippen molar-refractivity contribution in [3.8, 4) is 0 Å². The fraction of sp³-hybridized carbons (Fsp3) is 0.529. The van der Waals surface area contributed by atoms with E-state index < -0.39 is 0 Å². The molecule has 1 saturated heterocycles. The Labute approximate surface area is 147 Å². The van der Waals surface area contributed by atoms with Crippen LogP contribution in [0.25, 0.3) is 0 Å². The number of hydrogen-bond donors (Lipinski definition) is 0. The van der Waals surface area contributed by atoms with E-state index in [1.807, 2.05) is 54.8 Å². The summed E-state index contributed by atoms with van der Waals surface area (Å²) in [7, 11) is 0. The minimum absolute atomic E-state index is 0.0297. The van der Waals surface area contributed by atoms with Gasteiger partial charge in [-0.05, 0) is 13.0 Å². The van der Waals surface area contributed by atoms with Gasteiger partial charge < -0.3 is 9.80 Å². The van der Waals surface area contributed by atoms with Crippen molar-refractivity contribution in [1.29, 1.82) is 0 Å². The van der Waals surface area contributed by atoms with E-state index >= 15 is 0 Å². The molecule has 1 aromatic rings. The van der Waals surface area contributed by atoms with Crippen LogP contribution in [-0.4, -0.2) is 47.0 Å². The van der Waals surface area contributed by atoms with Crippen molar-refractivity contribution in [3.63, 3.8) is 0 Å². The molecular weight excluding hydrogens is 332 g/mol. The van der Waals surface area contributed by atoms with Crippen LogP contribution in [0.15, 0.2) is 24.3 Å². The summed E-state index contributed by atoms with van der Waals surface area (Å²) in [5.74, 6) is 0.659. The second-order valence-electron chi connectivity index (χ2n) is 5.84. The van der Waals surface area contributed by atoms with Gasteiger partial charge in [0.1, 0.15) is 5.37 Å². The van der Waals surface area contributed by atoms with Gasteiger partial charge in [-0.1, -0.05) is 43.6 Å². The number of benzene rings is 1. The molecular formula is C17H23ClN2O2S. The Balaban J connectivity index is 2.09. The van der Waals surface area contributed by atoms with E-state index in [1.165, 1.54) is 0 Å². The zero-order chi connectivity index (χ0) is 17.0. The van der Waals surface area contributed by atoms with Crippen LogP contribution in [0.2, 0.25) is 5.02 Å². The third-order valence-electron chi connectivity index (χ3n) is 3.94. The molecule has 0 saturated carbocycles. The first-order valence-electron chi connectivity index (χ1n) is 7.90. The molecule has 1 aliphatic heterocycles. The number of amides is 2. The van der Waals surface area contributed by atoms with Crippen molar-refractivity contribution in [1.82, 2.24) is 9.80 Å². The highest BCUT2D eigenvalue weighted by Crippen LogP contribution is 2.41. The normalized spacial score (nSPS) is 17.9. The molecule has 0 spiro atoms. The third kappa shape index (κ3) is 4.21. The summed E-state index contributed by atoms with van der Waals surface area (Å²) >= 11 is 7.87. The van der Waals surface area contributed by atoms with Gasteiger partial charge in [-0.3, -0.25) is 9.59 Å². The van der Waals surface area contributed by atoms with Crippen molar-refractivity contribution in [2.75, 3.05) is 25.4 Å². The van der Waals surface area contributed by atoms with E-state index in [4.69, 9.17) is 11.6 Å². The van der Waals surface area contributed by atoms with Crippen LogP contribution in [0.5, 0.6) is 0 Å². The molecule has 1 fully saturated rings. The lowest BCUT2D eigenvalue weighted by Crippen LogP contribution is -2.41. The smallest absolute Gasteiger partial charge is 0.233 e. The SMILES string of the molecule is CCN(CCN1C(=O)CSC1c1ccccc1Cl)C(=O)C(C)C. The first-order valence-corrected chi connectivity index (χ1v) is 9.32. The van der Waals surface area contributed by atoms with Crippen molar-refractivity contribution < 1.29 is 9.59 Å². The van der Waals surface area contributed by atoms with Gasteiger partial charge in [-0.15, -0.1) is 11.8 Å². The molecule has 23 heavy (non-hydrogen) atoms. The zero-order valence-electron chi connectivity index (χ0n) is 13.8. The van der Waals surface area contributed by atoms with Gasteiger partial charge in [0.2, 0.25) is 11.8 Å². The molecule has 1 aliphatic rings. The average molecular weight is 355 g/mol. The Morgan fingerprint density at radius 2 is 2.13 bits per heavy atom. The number of halogens is 1. The van der Waals surface area contributed by atoms with E-state index in [9.17, 15) is 9.59 Å². The molecule has 1 unspecified atom stereocenters. The van der Waals surface area contributed by atoms with Crippen LogP contribution >= 0.6 is 23.4 Å². The van der Waals surface area contributed by atoms with Crippen molar-refractivity contribution >= 4 is 35.2 Å². The molecule has 0 radical (unpaired) electrons. The largest absolute Gasteiger partial charge is 0.341 e. The maximum absolute atomic E-state index is 12.2. The maximum Gasteiger partial charge on any atom is 0.233 e. The monoisotopic (exact) mass is 354 g/mol. The van der Waals surface area contributed by atoms with E-state index in [2.05, 4.69) is 0 Å². The minimum atomic E-state index is -0.0657. The Kier molecular flexibility index (Phi) is 6.36. The van der Waals surface area contributed by atoms with E-state index in [-0.39, 0.29) is 23.1 Å². The van der Waals surface area contributed by atoms with Crippen molar-refractivity contribution in [2.24, 2.45) is 5.92 Å². The second kappa shape index (κ2) is 8.06. The summed E-state index contributed by atoms with van der Waals surface area (Å²) in [4.78, 5) is 28.0. The minimum Gasteiger partial charge on any atom is -0.341 e. The Hall–Kier alpha value is -1.20. The zero-order valence-corrected chi connectivity index (χ0v) is 15.4. The average Bonchev–Trinajstić information content (AvgIpc) is 2.89. The quantitative estimate of drug-likeness (QED) is 0.786. The summed E-state index contributed by atoms with van der Waals surface area (Å²) in [6, 6.07) is 7.63. The van der Waals surface area contributed by atoms with Crippen LogP contribution in [0.4, 0.5) is 0 Å². The predicted molar refractivity (Wildman–Crippen MR) is 95.5 cm³/mol. The topological polar surface area (TPSA) is 40.6 Å². The van der Waals surface area contributed by atoms with Crippen LogP contribution in [-0.2, 0) is 9.59 Å². The summed E-state index contributed by atoms with van der Waals surface area (Å²) in [6.45, 7) is 7.51. The van der Waals surface area contributed by atoms with Gasteiger partial charge in [0.25, 0.3) is 0 Å². The third-order valence-corrected chi connectivity index (χ3v) is 5.52. The fourth-order valence-corrected chi connectivity index (χ4v) is 4.20.